The Morgan fingerprint density at radius 3 is 2.46 bits per heavy atom. The Hall–Kier alpha value is 0.280. The largest absolute Gasteiger partial charge is 0.340 e. The quantitative estimate of drug-likeness (QED) is 0.623. The van der Waals surface area contributed by atoms with Crippen LogP contribution in [0.4, 0.5) is 0 Å². The zero-order valence-corrected chi connectivity index (χ0v) is 17.5. The van der Waals surface area contributed by atoms with E-state index in [9.17, 15) is 4.79 Å². The fourth-order valence-corrected chi connectivity index (χ4v) is 4.19. The Balaban J connectivity index is 0.00000264. The van der Waals surface area contributed by atoms with Gasteiger partial charge in [-0.15, -0.1) is 24.8 Å². The summed E-state index contributed by atoms with van der Waals surface area (Å²) in [7, 11) is 0. The fourth-order valence-electron chi connectivity index (χ4n) is 3.30. The summed E-state index contributed by atoms with van der Waals surface area (Å²) in [5.74, 6) is 2.04. The SMILES string of the molecule is CCN(CC)CCSCC(=O)N1CCC(N2CCNCC2)C1.Cl.Cl. The standard InChI is InChI=1S/C16H32N4OS.2ClH/c1-3-18(4-2)11-12-22-14-16(21)20-8-5-15(13-20)19-9-6-17-7-10-19;;/h15,17H,3-14H2,1-2H3;2*1H. The normalized spacial score (nSPS) is 21.5. The minimum Gasteiger partial charge on any atom is -0.340 e. The van der Waals surface area contributed by atoms with Crippen molar-refractivity contribution < 1.29 is 4.79 Å². The maximum atomic E-state index is 12.3. The van der Waals surface area contributed by atoms with Crippen LogP contribution in [0, 0.1) is 0 Å². The first-order valence-corrected chi connectivity index (χ1v) is 9.92. The van der Waals surface area contributed by atoms with E-state index in [1.807, 2.05) is 0 Å². The Kier molecular flexibility index (Phi) is 13.6. The van der Waals surface area contributed by atoms with E-state index >= 15 is 0 Å². The fraction of sp³-hybridized carbons (Fsp3) is 0.938. The van der Waals surface area contributed by atoms with Crippen molar-refractivity contribution in [2.75, 3.05) is 70.4 Å². The predicted octanol–water partition coefficient (Wildman–Crippen LogP) is 1.41. The second-order valence-corrected chi connectivity index (χ2v) is 7.25. The Morgan fingerprint density at radius 1 is 1.17 bits per heavy atom. The van der Waals surface area contributed by atoms with Crippen LogP contribution in [0.2, 0.25) is 0 Å². The number of hydrogen-bond acceptors (Lipinski definition) is 5. The highest BCUT2D eigenvalue weighted by molar-refractivity contribution is 7.99. The number of piperazine rings is 1. The zero-order valence-electron chi connectivity index (χ0n) is 15.0. The molecule has 1 atom stereocenters. The van der Waals surface area contributed by atoms with Crippen molar-refractivity contribution in [2.24, 2.45) is 0 Å². The van der Waals surface area contributed by atoms with Gasteiger partial charge in [-0.1, -0.05) is 13.8 Å². The summed E-state index contributed by atoms with van der Waals surface area (Å²) in [4.78, 5) is 19.4. The molecule has 2 rings (SSSR count). The summed E-state index contributed by atoms with van der Waals surface area (Å²) < 4.78 is 0. The third kappa shape index (κ3) is 7.67. The molecule has 2 heterocycles. The number of amides is 1. The highest BCUT2D eigenvalue weighted by atomic mass is 35.5. The zero-order chi connectivity index (χ0) is 15.8. The topological polar surface area (TPSA) is 38.8 Å². The van der Waals surface area contributed by atoms with Gasteiger partial charge in [0, 0.05) is 57.6 Å². The molecule has 0 aliphatic carbocycles. The van der Waals surface area contributed by atoms with E-state index in [0.717, 1.165) is 71.1 Å². The van der Waals surface area contributed by atoms with Gasteiger partial charge in [-0.05, 0) is 19.5 Å². The summed E-state index contributed by atoms with van der Waals surface area (Å²) in [5, 5.41) is 3.40. The van der Waals surface area contributed by atoms with Crippen LogP contribution in [0.1, 0.15) is 20.3 Å². The van der Waals surface area contributed by atoms with Crippen LogP contribution >= 0.6 is 36.6 Å². The van der Waals surface area contributed by atoms with E-state index in [0.29, 0.717) is 17.7 Å². The van der Waals surface area contributed by atoms with Crippen molar-refractivity contribution in [3.05, 3.63) is 0 Å². The number of thioether (sulfide) groups is 1. The van der Waals surface area contributed by atoms with Gasteiger partial charge >= 0.3 is 0 Å². The molecular weight excluding hydrogens is 367 g/mol. The molecule has 144 valence electrons. The van der Waals surface area contributed by atoms with Crippen LogP contribution in [0.5, 0.6) is 0 Å². The summed E-state index contributed by atoms with van der Waals surface area (Å²) in [6, 6.07) is 0.590. The minimum atomic E-state index is 0. The lowest BCUT2D eigenvalue weighted by molar-refractivity contribution is -0.127. The first kappa shape index (κ1) is 24.3. The van der Waals surface area contributed by atoms with Crippen molar-refractivity contribution in [2.45, 2.75) is 26.3 Å². The van der Waals surface area contributed by atoms with Crippen LogP contribution in [0.3, 0.4) is 0 Å². The number of nitrogens with zero attached hydrogens (tertiary/aromatic N) is 3. The number of likely N-dealkylation sites (tertiary alicyclic amines) is 1. The average Bonchev–Trinajstić information content (AvgIpc) is 3.06. The van der Waals surface area contributed by atoms with Gasteiger partial charge in [0.15, 0.2) is 0 Å². The molecule has 0 radical (unpaired) electrons. The Morgan fingerprint density at radius 2 is 1.83 bits per heavy atom. The van der Waals surface area contributed by atoms with Crippen LogP contribution in [0.25, 0.3) is 0 Å². The van der Waals surface area contributed by atoms with Crippen molar-refractivity contribution in [3.63, 3.8) is 0 Å². The van der Waals surface area contributed by atoms with E-state index < -0.39 is 0 Å². The lowest BCUT2D eigenvalue weighted by Gasteiger charge is -2.32. The molecule has 8 heteroatoms. The molecule has 24 heavy (non-hydrogen) atoms. The summed E-state index contributed by atoms with van der Waals surface area (Å²) in [6.07, 6.45) is 1.15. The number of hydrogen-bond donors (Lipinski definition) is 1. The minimum absolute atomic E-state index is 0. The number of rotatable bonds is 8. The second-order valence-electron chi connectivity index (χ2n) is 6.15. The van der Waals surface area contributed by atoms with Crippen molar-refractivity contribution in [1.82, 2.24) is 20.0 Å². The van der Waals surface area contributed by atoms with Gasteiger partial charge in [-0.3, -0.25) is 9.69 Å². The summed E-state index contributed by atoms with van der Waals surface area (Å²) in [6.45, 7) is 14.0. The molecule has 0 aromatic carbocycles. The van der Waals surface area contributed by atoms with Gasteiger partial charge in [-0.2, -0.15) is 11.8 Å². The molecule has 0 spiro atoms. The summed E-state index contributed by atoms with van der Waals surface area (Å²) in [5.41, 5.74) is 0. The highest BCUT2D eigenvalue weighted by Crippen LogP contribution is 2.17. The molecule has 2 aliphatic heterocycles. The molecule has 0 aromatic heterocycles. The van der Waals surface area contributed by atoms with E-state index in [-0.39, 0.29) is 24.8 Å². The molecule has 0 saturated carbocycles. The molecule has 2 aliphatic rings. The third-order valence-corrected chi connectivity index (χ3v) is 5.78. The Labute approximate surface area is 164 Å². The van der Waals surface area contributed by atoms with Gasteiger partial charge in [0.05, 0.1) is 5.75 Å². The van der Waals surface area contributed by atoms with Crippen LogP contribution < -0.4 is 5.32 Å². The second kappa shape index (κ2) is 13.5. The van der Waals surface area contributed by atoms with Crippen LogP contribution in [-0.2, 0) is 4.79 Å². The maximum absolute atomic E-state index is 12.3. The molecular formula is C16H34Cl2N4OS. The van der Waals surface area contributed by atoms with Gasteiger partial charge in [0.2, 0.25) is 5.91 Å². The lowest BCUT2D eigenvalue weighted by atomic mass is 10.2. The molecule has 2 saturated heterocycles. The summed E-state index contributed by atoms with van der Waals surface area (Å²) >= 11 is 1.79. The number of halogens is 2. The molecule has 2 fully saturated rings. The van der Waals surface area contributed by atoms with E-state index in [1.165, 1.54) is 0 Å². The third-order valence-electron chi connectivity index (χ3n) is 4.86. The number of nitrogens with one attached hydrogen (secondary N) is 1. The maximum Gasteiger partial charge on any atom is 0.232 e. The van der Waals surface area contributed by atoms with Crippen molar-refractivity contribution in [1.29, 1.82) is 0 Å². The molecule has 1 N–H and O–H groups in total. The van der Waals surface area contributed by atoms with Gasteiger partial charge in [0.1, 0.15) is 0 Å². The van der Waals surface area contributed by atoms with Crippen molar-refractivity contribution in [3.8, 4) is 0 Å². The number of carbonyl (C=O) groups excluding carboxylic acids is 1. The van der Waals surface area contributed by atoms with Crippen LogP contribution in [0.15, 0.2) is 0 Å². The molecule has 1 amide bonds. The molecule has 0 aromatic rings. The highest BCUT2D eigenvalue weighted by Gasteiger charge is 2.30. The van der Waals surface area contributed by atoms with Crippen LogP contribution in [-0.4, -0.2) is 97.1 Å². The lowest BCUT2D eigenvalue weighted by Crippen LogP contribution is -2.49. The van der Waals surface area contributed by atoms with Gasteiger partial charge in [-0.25, -0.2) is 0 Å². The molecule has 0 bridgehead atoms. The van der Waals surface area contributed by atoms with E-state index in [4.69, 9.17) is 0 Å². The van der Waals surface area contributed by atoms with Gasteiger partial charge < -0.3 is 15.1 Å². The smallest absolute Gasteiger partial charge is 0.232 e. The van der Waals surface area contributed by atoms with E-state index in [1.54, 1.807) is 11.8 Å². The molecule has 5 nitrogen and oxygen atoms in total. The van der Waals surface area contributed by atoms with E-state index in [2.05, 4.69) is 33.9 Å². The van der Waals surface area contributed by atoms with Crippen molar-refractivity contribution >= 4 is 42.5 Å². The number of carbonyl (C=O) groups is 1. The average molecular weight is 401 g/mol. The molecule has 1 unspecified atom stereocenters. The first-order chi connectivity index (χ1) is 10.7. The van der Waals surface area contributed by atoms with Gasteiger partial charge in [0.25, 0.3) is 0 Å². The Bertz CT molecular complexity index is 342. The monoisotopic (exact) mass is 400 g/mol. The first-order valence-electron chi connectivity index (χ1n) is 8.77. The predicted molar refractivity (Wildman–Crippen MR) is 109 cm³/mol.